The Hall–Kier alpha value is -2.02. The van der Waals surface area contributed by atoms with Gasteiger partial charge in [0.2, 0.25) is 0 Å². The Morgan fingerprint density at radius 2 is 2.00 bits per heavy atom. The number of nitrogens with zero attached hydrogens (tertiary/aromatic N) is 3. The van der Waals surface area contributed by atoms with Crippen LogP contribution in [0.1, 0.15) is 13.3 Å². The molecule has 2 heterocycles. The van der Waals surface area contributed by atoms with Gasteiger partial charge < -0.3 is 5.32 Å². The Bertz CT molecular complexity index is 701. The van der Waals surface area contributed by atoms with Crippen molar-refractivity contribution in [1.82, 2.24) is 15.0 Å². The first-order valence-corrected chi connectivity index (χ1v) is 8.11. The van der Waals surface area contributed by atoms with Gasteiger partial charge in [-0.2, -0.15) is 0 Å². The molecule has 0 amide bonds. The monoisotopic (exact) mass is 292 g/mol. The average Bonchev–Trinajstić information content (AvgIpc) is 2.45. The number of anilines is 1. The largest absolute Gasteiger partial charge is 0.370 e. The second-order valence-corrected chi connectivity index (χ2v) is 6.41. The summed E-state index contributed by atoms with van der Waals surface area (Å²) >= 11 is 0. The Morgan fingerprint density at radius 3 is 2.70 bits per heavy atom. The molecule has 0 radical (unpaired) electrons. The Kier molecular flexibility index (Phi) is 4.29. The molecule has 0 fully saturated rings. The maximum absolute atomic E-state index is 11.5. The van der Waals surface area contributed by atoms with E-state index in [0.29, 0.717) is 17.1 Å². The fourth-order valence-electron chi connectivity index (χ4n) is 1.63. The molecule has 6 nitrogen and oxygen atoms in total. The van der Waals surface area contributed by atoms with E-state index in [2.05, 4.69) is 27.2 Å². The van der Waals surface area contributed by atoms with Gasteiger partial charge in [-0.15, -0.1) is 0 Å². The minimum Gasteiger partial charge on any atom is -0.370 e. The van der Waals surface area contributed by atoms with Gasteiger partial charge in [-0.1, -0.05) is 6.92 Å². The van der Waals surface area contributed by atoms with E-state index in [0.717, 1.165) is 19.2 Å². The van der Waals surface area contributed by atoms with Gasteiger partial charge in [-0.05, 0) is 12.5 Å². The van der Waals surface area contributed by atoms with Gasteiger partial charge in [0.15, 0.2) is 9.84 Å². The zero-order valence-corrected chi connectivity index (χ0v) is 12.2. The van der Waals surface area contributed by atoms with Crippen LogP contribution < -0.4 is 5.32 Å². The Morgan fingerprint density at radius 1 is 1.20 bits per heavy atom. The maximum Gasteiger partial charge on any atom is 0.177 e. The lowest BCUT2D eigenvalue weighted by Crippen LogP contribution is -2.03. The van der Waals surface area contributed by atoms with Gasteiger partial charge >= 0.3 is 0 Å². The molecule has 0 unspecified atom stereocenters. The summed E-state index contributed by atoms with van der Waals surface area (Å²) in [7, 11) is -3.28. The molecule has 0 spiro atoms. The van der Waals surface area contributed by atoms with Gasteiger partial charge in [0, 0.05) is 36.8 Å². The van der Waals surface area contributed by atoms with Crippen LogP contribution >= 0.6 is 0 Å². The van der Waals surface area contributed by atoms with Crippen LogP contribution in [0.2, 0.25) is 0 Å². The minimum atomic E-state index is -3.28. The molecule has 7 heteroatoms. The molecule has 2 aromatic heterocycles. The van der Waals surface area contributed by atoms with E-state index in [1.807, 2.05) is 0 Å². The molecule has 2 aromatic rings. The first-order valence-electron chi connectivity index (χ1n) is 6.22. The molecular formula is C13H16N4O2S. The van der Waals surface area contributed by atoms with Crippen molar-refractivity contribution in [1.29, 1.82) is 0 Å². The number of hydrogen-bond donors (Lipinski definition) is 1. The van der Waals surface area contributed by atoms with Crippen LogP contribution in [0, 0.1) is 0 Å². The van der Waals surface area contributed by atoms with Crippen LogP contribution in [0.25, 0.3) is 11.3 Å². The van der Waals surface area contributed by atoms with Crippen LogP contribution in [0.4, 0.5) is 5.82 Å². The van der Waals surface area contributed by atoms with E-state index in [9.17, 15) is 8.42 Å². The third-order valence-corrected chi connectivity index (χ3v) is 3.74. The summed E-state index contributed by atoms with van der Waals surface area (Å²) in [4.78, 5) is 12.4. The molecule has 0 bridgehead atoms. The van der Waals surface area contributed by atoms with Crippen molar-refractivity contribution in [2.75, 3.05) is 18.1 Å². The van der Waals surface area contributed by atoms with Crippen molar-refractivity contribution in [3.05, 3.63) is 30.9 Å². The fraction of sp³-hybridized carbons (Fsp3) is 0.308. The summed E-state index contributed by atoms with van der Waals surface area (Å²) in [6, 6.07) is 3.34. The second-order valence-electron chi connectivity index (χ2n) is 4.40. The highest BCUT2D eigenvalue weighted by Crippen LogP contribution is 2.20. The van der Waals surface area contributed by atoms with Gasteiger partial charge in [0.05, 0.1) is 10.6 Å². The van der Waals surface area contributed by atoms with Crippen LogP contribution in [-0.4, -0.2) is 36.2 Å². The van der Waals surface area contributed by atoms with Gasteiger partial charge in [0.25, 0.3) is 0 Å². The Balaban J connectivity index is 2.36. The minimum absolute atomic E-state index is 0.177. The summed E-state index contributed by atoms with van der Waals surface area (Å²) < 4.78 is 23.1. The zero-order chi connectivity index (χ0) is 14.6. The van der Waals surface area contributed by atoms with E-state index in [-0.39, 0.29) is 4.90 Å². The van der Waals surface area contributed by atoms with Crippen molar-refractivity contribution in [3.63, 3.8) is 0 Å². The molecule has 2 rings (SSSR count). The third kappa shape index (κ3) is 3.51. The number of rotatable bonds is 5. The molecule has 0 aliphatic heterocycles. The molecule has 0 saturated carbocycles. The summed E-state index contributed by atoms with van der Waals surface area (Å²) in [5, 5.41) is 3.16. The molecule has 0 atom stereocenters. The van der Waals surface area contributed by atoms with E-state index >= 15 is 0 Å². The zero-order valence-electron chi connectivity index (χ0n) is 11.4. The summed E-state index contributed by atoms with van der Waals surface area (Å²) in [5.41, 5.74) is 1.28. The van der Waals surface area contributed by atoms with Crippen molar-refractivity contribution < 1.29 is 8.42 Å². The molecular weight excluding hydrogens is 276 g/mol. The van der Waals surface area contributed by atoms with Crippen molar-refractivity contribution >= 4 is 15.7 Å². The lowest BCUT2D eigenvalue weighted by atomic mass is 10.2. The SMILES string of the molecule is CCCNc1cc(-c2cncc(S(C)(=O)=O)c2)ncn1. The predicted octanol–water partition coefficient (Wildman–Crippen LogP) is 1.76. The van der Waals surface area contributed by atoms with Crippen molar-refractivity contribution in [2.45, 2.75) is 18.2 Å². The highest BCUT2D eigenvalue weighted by molar-refractivity contribution is 7.90. The third-order valence-electron chi connectivity index (χ3n) is 2.66. The summed E-state index contributed by atoms with van der Waals surface area (Å²) in [5.74, 6) is 0.710. The van der Waals surface area contributed by atoms with E-state index in [1.165, 1.54) is 12.5 Å². The van der Waals surface area contributed by atoms with E-state index in [4.69, 9.17) is 0 Å². The van der Waals surface area contributed by atoms with Crippen molar-refractivity contribution in [3.8, 4) is 11.3 Å². The smallest absolute Gasteiger partial charge is 0.177 e. The van der Waals surface area contributed by atoms with Crippen LogP contribution in [0.15, 0.2) is 35.7 Å². The number of hydrogen-bond acceptors (Lipinski definition) is 6. The van der Waals surface area contributed by atoms with Gasteiger partial charge in [-0.3, -0.25) is 4.98 Å². The van der Waals surface area contributed by atoms with E-state index in [1.54, 1.807) is 18.3 Å². The summed E-state index contributed by atoms with van der Waals surface area (Å²) in [6.45, 7) is 2.88. The number of nitrogens with one attached hydrogen (secondary N) is 1. The molecule has 0 aromatic carbocycles. The number of aromatic nitrogens is 3. The molecule has 20 heavy (non-hydrogen) atoms. The molecule has 0 aliphatic carbocycles. The summed E-state index contributed by atoms with van der Waals surface area (Å²) in [6.07, 6.45) is 6.50. The lowest BCUT2D eigenvalue weighted by Gasteiger charge is -2.06. The van der Waals surface area contributed by atoms with Gasteiger partial charge in [-0.25, -0.2) is 18.4 Å². The Labute approximate surface area is 118 Å². The average molecular weight is 292 g/mol. The number of pyridine rings is 1. The second kappa shape index (κ2) is 5.96. The van der Waals surface area contributed by atoms with Crippen LogP contribution in [-0.2, 0) is 9.84 Å². The fourth-order valence-corrected chi connectivity index (χ4v) is 2.22. The molecule has 0 saturated heterocycles. The molecule has 106 valence electrons. The van der Waals surface area contributed by atoms with E-state index < -0.39 is 9.84 Å². The standard InChI is InChI=1S/C13H16N4O2S/c1-3-4-15-13-6-12(16-9-17-13)10-5-11(8-14-7-10)20(2,18)19/h5-9H,3-4H2,1-2H3,(H,15,16,17). The molecule has 1 N–H and O–H groups in total. The highest BCUT2D eigenvalue weighted by atomic mass is 32.2. The quantitative estimate of drug-likeness (QED) is 0.904. The maximum atomic E-state index is 11.5. The highest BCUT2D eigenvalue weighted by Gasteiger charge is 2.10. The van der Waals surface area contributed by atoms with Crippen molar-refractivity contribution in [2.24, 2.45) is 0 Å². The first kappa shape index (κ1) is 14.4. The lowest BCUT2D eigenvalue weighted by molar-refractivity contribution is 0.601. The topological polar surface area (TPSA) is 84.8 Å². The van der Waals surface area contributed by atoms with Crippen LogP contribution in [0.5, 0.6) is 0 Å². The first-order chi connectivity index (χ1) is 9.50. The number of sulfone groups is 1. The normalized spacial score (nSPS) is 11.3. The molecule has 0 aliphatic rings. The van der Waals surface area contributed by atoms with Gasteiger partial charge in [0.1, 0.15) is 12.1 Å². The predicted molar refractivity (Wildman–Crippen MR) is 77.2 cm³/mol. The van der Waals surface area contributed by atoms with Crippen LogP contribution in [0.3, 0.4) is 0 Å².